The number of nitrogens with one attached hydrogen (secondary N) is 1. The fourth-order valence-corrected chi connectivity index (χ4v) is 3.71. The second kappa shape index (κ2) is 9.45. The lowest BCUT2D eigenvalue weighted by Crippen LogP contribution is -2.45. The molecule has 0 spiro atoms. The van der Waals surface area contributed by atoms with Gasteiger partial charge in [0.2, 0.25) is 0 Å². The Kier molecular flexibility index (Phi) is 7.00. The summed E-state index contributed by atoms with van der Waals surface area (Å²) in [5.74, 6) is 0.536. The second-order valence-corrected chi connectivity index (χ2v) is 7.73. The van der Waals surface area contributed by atoms with Crippen molar-refractivity contribution in [2.45, 2.75) is 38.5 Å². The third-order valence-corrected chi connectivity index (χ3v) is 5.10. The second-order valence-electron chi connectivity index (χ2n) is 6.86. The zero-order chi connectivity index (χ0) is 19.2. The number of rotatable bonds is 7. The Morgan fingerprint density at radius 1 is 1.22 bits per heavy atom. The van der Waals surface area contributed by atoms with Crippen LogP contribution >= 0.6 is 23.2 Å². The lowest BCUT2D eigenvalue weighted by atomic mass is 10.1. The van der Waals surface area contributed by atoms with Crippen molar-refractivity contribution in [2.24, 2.45) is 0 Å². The van der Waals surface area contributed by atoms with E-state index in [0.29, 0.717) is 34.9 Å². The van der Waals surface area contributed by atoms with E-state index < -0.39 is 6.10 Å². The zero-order valence-corrected chi connectivity index (χ0v) is 16.8. The molecule has 27 heavy (non-hydrogen) atoms. The Morgan fingerprint density at radius 3 is 2.63 bits per heavy atom. The van der Waals surface area contributed by atoms with E-state index in [1.807, 2.05) is 29.2 Å². The summed E-state index contributed by atoms with van der Waals surface area (Å²) in [6, 6.07) is 15.0. The lowest BCUT2D eigenvalue weighted by molar-refractivity contribution is -0.139. The average Bonchev–Trinajstić information content (AvgIpc) is 3.14. The Morgan fingerprint density at radius 2 is 1.96 bits per heavy atom. The van der Waals surface area contributed by atoms with Crippen molar-refractivity contribution in [1.82, 2.24) is 10.2 Å². The van der Waals surface area contributed by atoms with E-state index in [1.165, 1.54) is 0 Å². The van der Waals surface area contributed by atoms with Crippen LogP contribution in [0, 0.1) is 0 Å². The topological polar surface area (TPSA) is 41.6 Å². The first-order chi connectivity index (χ1) is 13.0. The molecule has 144 valence electrons. The van der Waals surface area contributed by atoms with E-state index in [0.717, 1.165) is 24.9 Å². The van der Waals surface area contributed by atoms with Gasteiger partial charge in [0.25, 0.3) is 5.91 Å². The number of hydrogen-bond donors (Lipinski definition) is 1. The predicted molar refractivity (Wildman–Crippen MR) is 109 cm³/mol. The lowest BCUT2D eigenvalue weighted by Gasteiger charge is -2.29. The molecule has 0 bridgehead atoms. The summed E-state index contributed by atoms with van der Waals surface area (Å²) in [7, 11) is 0. The molecule has 1 aliphatic rings. The SMILES string of the molecule is CC(Oc1cccc(Cl)c1)C(=O)N(Cc1cccc(Cl)c1)C[C@H]1CCCN1. The highest BCUT2D eigenvalue weighted by Crippen LogP contribution is 2.20. The Labute approximate surface area is 170 Å². The third kappa shape index (κ3) is 5.86. The standard InChI is InChI=1S/C21H24Cl2N2O2/c1-15(27-20-9-3-7-18(23)12-20)21(26)25(14-19-8-4-10-24-19)13-16-5-2-6-17(22)11-16/h2-3,5-7,9,11-12,15,19,24H,4,8,10,13-14H2,1H3/t15?,19-/m1/s1. The monoisotopic (exact) mass is 406 g/mol. The summed E-state index contributed by atoms with van der Waals surface area (Å²) >= 11 is 12.1. The number of carbonyl (C=O) groups excluding carboxylic acids is 1. The highest BCUT2D eigenvalue weighted by molar-refractivity contribution is 6.30. The van der Waals surface area contributed by atoms with Crippen LogP contribution in [0.15, 0.2) is 48.5 Å². The van der Waals surface area contributed by atoms with Crippen LogP contribution in [0.4, 0.5) is 0 Å². The van der Waals surface area contributed by atoms with Gasteiger partial charge in [-0.3, -0.25) is 4.79 Å². The first-order valence-electron chi connectivity index (χ1n) is 9.20. The normalized spacial score (nSPS) is 17.5. The van der Waals surface area contributed by atoms with Gasteiger partial charge in [0.1, 0.15) is 5.75 Å². The van der Waals surface area contributed by atoms with Gasteiger partial charge in [-0.15, -0.1) is 0 Å². The van der Waals surface area contributed by atoms with Gasteiger partial charge in [-0.2, -0.15) is 0 Å². The van der Waals surface area contributed by atoms with Crippen LogP contribution in [0.5, 0.6) is 5.75 Å². The molecule has 4 nitrogen and oxygen atoms in total. The molecular weight excluding hydrogens is 383 g/mol. The molecular formula is C21H24Cl2N2O2. The Balaban J connectivity index is 1.72. The third-order valence-electron chi connectivity index (χ3n) is 4.63. The van der Waals surface area contributed by atoms with Crippen LogP contribution < -0.4 is 10.1 Å². The molecule has 1 aliphatic heterocycles. The Hall–Kier alpha value is -1.75. The fourth-order valence-electron chi connectivity index (χ4n) is 3.32. The molecule has 1 N–H and O–H groups in total. The smallest absolute Gasteiger partial charge is 0.263 e. The van der Waals surface area contributed by atoms with Crippen molar-refractivity contribution in [3.8, 4) is 5.75 Å². The predicted octanol–water partition coefficient (Wildman–Crippen LogP) is 4.54. The number of nitrogens with zero attached hydrogens (tertiary/aromatic N) is 1. The minimum atomic E-state index is -0.607. The van der Waals surface area contributed by atoms with Crippen LogP contribution in [0.25, 0.3) is 0 Å². The van der Waals surface area contributed by atoms with Gasteiger partial charge in [-0.25, -0.2) is 0 Å². The maximum Gasteiger partial charge on any atom is 0.263 e. The molecule has 2 aromatic rings. The highest BCUT2D eigenvalue weighted by atomic mass is 35.5. The van der Waals surface area contributed by atoms with Crippen molar-refractivity contribution in [1.29, 1.82) is 0 Å². The maximum atomic E-state index is 13.1. The van der Waals surface area contributed by atoms with Crippen LogP contribution in [0.2, 0.25) is 10.0 Å². The van der Waals surface area contributed by atoms with Gasteiger partial charge in [0.15, 0.2) is 6.10 Å². The summed E-state index contributed by atoms with van der Waals surface area (Å²) in [4.78, 5) is 15.0. The molecule has 1 fully saturated rings. The summed E-state index contributed by atoms with van der Waals surface area (Å²) in [5.41, 5.74) is 1.00. The molecule has 1 heterocycles. The summed E-state index contributed by atoms with van der Waals surface area (Å²) < 4.78 is 5.84. The van der Waals surface area contributed by atoms with Gasteiger partial charge in [0.05, 0.1) is 0 Å². The van der Waals surface area contributed by atoms with Crippen molar-refractivity contribution in [3.05, 3.63) is 64.1 Å². The van der Waals surface area contributed by atoms with E-state index >= 15 is 0 Å². The van der Waals surface area contributed by atoms with Gasteiger partial charge in [-0.1, -0.05) is 41.4 Å². The quantitative estimate of drug-likeness (QED) is 0.733. The molecule has 2 atom stereocenters. The van der Waals surface area contributed by atoms with E-state index in [-0.39, 0.29) is 5.91 Å². The molecule has 6 heteroatoms. The number of carbonyl (C=O) groups is 1. The molecule has 0 aliphatic carbocycles. The largest absolute Gasteiger partial charge is 0.481 e. The molecule has 2 aromatic carbocycles. The minimum Gasteiger partial charge on any atom is -0.481 e. The first-order valence-corrected chi connectivity index (χ1v) is 9.95. The van der Waals surface area contributed by atoms with Crippen LogP contribution in [-0.4, -0.2) is 36.0 Å². The van der Waals surface area contributed by atoms with Crippen molar-refractivity contribution in [2.75, 3.05) is 13.1 Å². The van der Waals surface area contributed by atoms with Crippen LogP contribution in [-0.2, 0) is 11.3 Å². The Bertz CT molecular complexity index is 778. The van der Waals surface area contributed by atoms with E-state index in [4.69, 9.17) is 27.9 Å². The molecule has 0 saturated carbocycles. The van der Waals surface area contributed by atoms with Crippen LogP contribution in [0.1, 0.15) is 25.3 Å². The van der Waals surface area contributed by atoms with E-state index in [2.05, 4.69) is 5.32 Å². The highest BCUT2D eigenvalue weighted by Gasteiger charge is 2.26. The number of amides is 1. The minimum absolute atomic E-state index is 0.0522. The summed E-state index contributed by atoms with van der Waals surface area (Å²) in [6.07, 6.45) is 1.60. The molecule has 0 aromatic heterocycles. The zero-order valence-electron chi connectivity index (χ0n) is 15.3. The molecule has 1 unspecified atom stereocenters. The molecule has 1 saturated heterocycles. The van der Waals surface area contributed by atoms with Crippen molar-refractivity contribution in [3.63, 3.8) is 0 Å². The summed E-state index contributed by atoms with van der Waals surface area (Å²) in [5, 5.41) is 4.71. The van der Waals surface area contributed by atoms with E-state index in [9.17, 15) is 4.79 Å². The van der Waals surface area contributed by atoms with Crippen molar-refractivity contribution >= 4 is 29.1 Å². The fraction of sp³-hybridized carbons (Fsp3) is 0.381. The number of ether oxygens (including phenoxy) is 1. The number of hydrogen-bond acceptors (Lipinski definition) is 3. The van der Waals surface area contributed by atoms with Gasteiger partial charge in [-0.05, 0) is 62.2 Å². The number of benzene rings is 2. The van der Waals surface area contributed by atoms with Crippen molar-refractivity contribution < 1.29 is 9.53 Å². The average molecular weight is 407 g/mol. The first kappa shape index (κ1) is 20.0. The van der Waals surface area contributed by atoms with Gasteiger partial charge >= 0.3 is 0 Å². The summed E-state index contributed by atoms with van der Waals surface area (Å²) in [6.45, 7) is 3.92. The van der Waals surface area contributed by atoms with Gasteiger partial charge in [0, 0.05) is 29.2 Å². The molecule has 1 amide bonds. The van der Waals surface area contributed by atoms with E-state index in [1.54, 1.807) is 31.2 Å². The van der Waals surface area contributed by atoms with Gasteiger partial charge < -0.3 is 15.0 Å². The molecule has 3 rings (SSSR count). The maximum absolute atomic E-state index is 13.1. The number of halogens is 2. The molecule has 0 radical (unpaired) electrons. The van der Waals surface area contributed by atoms with Crippen LogP contribution in [0.3, 0.4) is 0 Å².